The van der Waals surface area contributed by atoms with Crippen LogP contribution in [-0.2, 0) is 0 Å². The molecule has 138 valence electrons. The minimum absolute atomic E-state index is 0.0469. The average molecular weight is 376 g/mol. The van der Waals surface area contributed by atoms with Crippen molar-refractivity contribution in [3.05, 3.63) is 70.5 Å². The molecule has 0 amide bonds. The quantitative estimate of drug-likeness (QED) is 0.765. The third kappa shape index (κ3) is 4.50. The standard InChI is InChI=1S/C21H23ClFNO2/c22-18-5-1-15(2-6-18)16-9-12-24(13-10-16)20(11-14-25)21(26)17-3-7-19(23)8-4-17/h1-8,16,20,25H,9-14H2. The largest absolute Gasteiger partial charge is 0.396 e. The molecule has 2 aromatic carbocycles. The van der Waals surface area contributed by atoms with Gasteiger partial charge >= 0.3 is 0 Å². The molecule has 1 saturated heterocycles. The second kappa shape index (κ2) is 8.76. The third-order valence-electron chi connectivity index (χ3n) is 5.15. The minimum Gasteiger partial charge on any atom is -0.396 e. The van der Waals surface area contributed by atoms with Crippen LogP contribution in [0.1, 0.15) is 41.1 Å². The van der Waals surface area contributed by atoms with Crippen LogP contribution in [0, 0.1) is 5.82 Å². The normalized spacial score (nSPS) is 17.2. The van der Waals surface area contributed by atoms with Gasteiger partial charge in [0.25, 0.3) is 0 Å². The first kappa shape index (κ1) is 19.0. The topological polar surface area (TPSA) is 40.5 Å². The lowest BCUT2D eigenvalue weighted by molar-refractivity contribution is 0.0715. The fourth-order valence-electron chi connectivity index (χ4n) is 3.69. The van der Waals surface area contributed by atoms with E-state index in [-0.39, 0.29) is 24.2 Å². The molecule has 0 bridgehead atoms. The molecule has 2 aromatic rings. The molecule has 1 unspecified atom stereocenters. The van der Waals surface area contributed by atoms with Crippen LogP contribution in [0.4, 0.5) is 4.39 Å². The van der Waals surface area contributed by atoms with Crippen LogP contribution in [0.5, 0.6) is 0 Å². The number of ketones is 1. The van der Waals surface area contributed by atoms with Crippen molar-refractivity contribution in [2.24, 2.45) is 0 Å². The van der Waals surface area contributed by atoms with Gasteiger partial charge in [0.15, 0.2) is 5.78 Å². The Bertz CT molecular complexity index is 725. The van der Waals surface area contributed by atoms with Crippen molar-refractivity contribution in [1.82, 2.24) is 4.90 Å². The third-order valence-corrected chi connectivity index (χ3v) is 5.40. The van der Waals surface area contributed by atoms with Crippen molar-refractivity contribution in [3.8, 4) is 0 Å². The monoisotopic (exact) mass is 375 g/mol. The lowest BCUT2D eigenvalue weighted by atomic mass is 9.88. The summed E-state index contributed by atoms with van der Waals surface area (Å²) in [6.45, 7) is 1.55. The van der Waals surface area contributed by atoms with E-state index in [2.05, 4.69) is 17.0 Å². The van der Waals surface area contributed by atoms with E-state index in [0.29, 0.717) is 17.9 Å². The van der Waals surface area contributed by atoms with E-state index in [4.69, 9.17) is 11.6 Å². The summed E-state index contributed by atoms with van der Waals surface area (Å²) < 4.78 is 13.1. The highest BCUT2D eigenvalue weighted by molar-refractivity contribution is 6.30. The summed E-state index contributed by atoms with van der Waals surface area (Å²) in [4.78, 5) is 15.0. The molecule has 3 nitrogen and oxygen atoms in total. The lowest BCUT2D eigenvalue weighted by Crippen LogP contribution is -2.45. The van der Waals surface area contributed by atoms with E-state index in [1.807, 2.05) is 12.1 Å². The molecule has 1 aliphatic rings. The van der Waals surface area contributed by atoms with Crippen LogP contribution in [0.15, 0.2) is 48.5 Å². The number of Topliss-reactive ketones (excluding diaryl/α,β-unsaturated/α-hetero) is 1. The maximum absolute atomic E-state index is 13.1. The van der Waals surface area contributed by atoms with Gasteiger partial charge in [-0.1, -0.05) is 23.7 Å². The summed E-state index contributed by atoms with van der Waals surface area (Å²) in [5.74, 6) is 0.0484. The van der Waals surface area contributed by atoms with Gasteiger partial charge in [-0.15, -0.1) is 0 Å². The van der Waals surface area contributed by atoms with Crippen molar-refractivity contribution in [1.29, 1.82) is 0 Å². The Labute approximate surface area is 158 Å². The number of benzene rings is 2. The Hall–Kier alpha value is -1.75. The van der Waals surface area contributed by atoms with Gasteiger partial charge in [0.05, 0.1) is 6.04 Å². The predicted octanol–water partition coefficient (Wildman–Crippen LogP) is 4.29. The first-order chi connectivity index (χ1) is 12.6. The highest BCUT2D eigenvalue weighted by atomic mass is 35.5. The molecule has 0 spiro atoms. The zero-order chi connectivity index (χ0) is 18.5. The summed E-state index contributed by atoms with van der Waals surface area (Å²) >= 11 is 5.96. The molecule has 0 saturated carbocycles. The Balaban J connectivity index is 1.67. The molecule has 1 fully saturated rings. The molecule has 1 aliphatic heterocycles. The highest BCUT2D eigenvalue weighted by Crippen LogP contribution is 2.30. The number of halogens is 2. The fraction of sp³-hybridized carbons (Fsp3) is 0.381. The van der Waals surface area contributed by atoms with Gasteiger partial charge in [-0.05, 0) is 80.2 Å². The van der Waals surface area contributed by atoms with Crippen LogP contribution in [-0.4, -0.2) is 41.5 Å². The Morgan fingerprint density at radius 2 is 1.73 bits per heavy atom. The van der Waals surface area contributed by atoms with Crippen LogP contribution in [0.25, 0.3) is 0 Å². The molecule has 3 rings (SSSR count). The highest BCUT2D eigenvalue weighted by Gasteiger charge is 2.30. The summed E-state index contributed by atoms with van der Waals surface area (Å²) in [6.07, 6.45) is 2.31. The summed E-state index contributed by atoms with van der Waals surface area (Å²) in [6, 6.07) is 13.2. The Morgan fingerprint density at radius 1 is 1.12 bits per heavy atom. The smallest absolute Gasteiger partial charge is 0.180 e. The number of aliphatic hydroxyl groups excluding tert-OH is 1. The number of carbonyl (C=O) groups excluding carboxylic acids is 1. The first-order valence-corrected chi connectivity index (χ1v) is 9.36. The van der Waals surface area contributed by atoms with Crippen molar-refractivity contribution in [2.75, 3.05) is 19.7 Å². The molecule has 1 heterocycles. The summed E-state index contributed by atoms with van der Waals surface area (Å²) in [7, 11) is 0. The SMILES string of the molecule is O=C(c1ccc(F)cc1)C(CCO)N1CCC(c2ccc(Cl)cc2)CC1. The second-order valence-electron chi connectivity index (χ2n) is 6.76. The molecule has 5 heteroatoms. The van der Waals surface area contributed by atoms with E-state index in [1.54, 1.807) is 0 Å². The van der Waals surface area contributed by atoms with Gasteiger partial charge < -0.3 is 5.11 Å². The van der Waals surface area contributed by atoms with E-state index >= 15 is 0 Å². The molecule has 1 atom stereocenters. The Morgan fingerprint density at radius 3 is 2.31 bits per heavy atom. The number of piperidine rings is 1. The van der Waals surface area contributed by atoms with Gasteiger partial charge in [-0.2, -0.15) is 0 Å². The molecular weight excluding hydrogens is 353 g/mol. The van der Waals surface area contributed by atoms with Gasteiger partial charge in [0, 0.05) is 17.2 Å². The number of rotatable bonds is 6. The fourth-order valence-corrected chi connectivity index (χ4v) is 3.81. The van der Waals surface area contributed by atoms with Crippen LogP contribution >= 0.6 is 11.6 Å². The number of carbonyl (C=O) groups is 1. The molecule has 0 aliphatic carbocycles. The second-order valence-corrected chi connectivity index (χ2v) is 7.20. The number of hydrogen-bond acceptors (Lipinski definition) is 3. The van der Waals surface area contributed by atoms with E-state index < -0.39 is 0 Å². The maximum Gasteiger partial charge on any atom is 0.180 e. The van der Waals surface area contributed by atoms with Crippen LogP contribution < -0.4 is 0 Å². The van der Waals surface area contributed by atoms with Crippen molar-refractivity contribution >= 4 is 17.4 Å². The number of hydrogen-bond donors (Lipinski definition) is 1. The molecule has 0 aromatic heterocycles. The van der Waals surface area contributed by atoms with Gasteiger partial charge in [-0.25, -0.2) is 4.39 Å². The van der Waals surface area contributed by atoms with Crippen molar-refractivity contribution < 1.29 is 14.3 Å². The number of aliphatic hydroxyl groups is 1. The van der Waals surface area contributed by atoms with Gasteiger partial charge in [0.1, 0.15) is 5.82 Å². The molecule has 1 N–H and O–H groups in total. The predicted molar refractivity (Wildman–Crippen MR) is 101 cm³/mol. The molecular formula is C21H23ClFNO2. The van der Waals surface area contributed by atoms with E-state index in [9.17, 15) is 14.3 Å². The zero-order valence-corrected chi connectivity index (χ0v) is 15.3. The summed E-state index contributed by atoms with van der Waals surface area (Å²) in [5.41, 5.74) is 1.77. The maximum atomic E-state index is 13.1. The van der Waals surface area contributed by atoms with Gasteiger partial charge in [0.2, 0.25) is 0 Å². The van der Waals surface area contributed by atoms with Gasteiger partial charge in [-0.3, -0.25) is 9.69 Å². The Kier molecular flexibility index (Phi) is 6.41. The van der Waals surface area contributed by atoms with Crippen molar-refractivity contribution in [2.45, 2.75) is 31.2 Å². The lowest BCUT2D eigenvalue weighted by Gasteiger charge is -2.37. The van der Waals surface area contributed by atoms with Crippen LogP contribution in [0.2, 0.25) is 5.02 Å². The average Bonchev–Trinajstić information content (AvgIpc) is 2.67. The number of likely N-dealkylation sites (tertiary alicyclic amines) is 1. The van der Waals surface area contributed by atoms with Crippen molar-refractivity contribution in [3.63, 3.8) is 0 Å². The number of nitrogens with zero attached hydrogens (tertiary/aromatic N) is 1. The molecule has 0 radical (unpaired) electrons. The van der Waals surface area contributed by atoms with E-state index in [0.717, 1.165) is 31.0 Å². The first-order valence-electron chi connectivity index (χ1n) is 8.98. The molecule has 26 heavy (non-hydrogen) atoms. The zero-order valence-electron chi connectivity index (χ0n) is 14.6. The minimum atomic E-state index is -0.364. The van der Waals surface area contributed by atoms with Crippen LogP contribution in [0.3, 0.4) is 0 Å². The van der Waals surface area contributed by atoms with E-state index in [1.165, 1.54) is 29.8 Å². The summed E-state index contributed by atoms with van der Waals surface area (Å²) in [5, 5.41) is 10.1.